The maximum Gasteiger partial charge on any atom is 0.123 e. The molecule has 1 heterocycles. The topological polar surface area (TPSA) is 58.6 Å². The van der Waals surface area contributed by atoms with E-state index in [1.165, 1.54) is 0 Å². The first-order chi connectivity index (χ1) is 4.20. The molecule has 9 heavy (non-hydrogen) atoms. The highest BCUT2D eigenvalue weighted by atomic mass is 16.3. The standard InChI is InChI=1S/C6H12N2O/c1-4-2-3-5(9)6(7)8-4/h4-5,9H,2-3H2,1H3,(H2,7,8). The molecule has 3 N–H and O–H groups in total. The minimum absolute atomic E-state index is 0.299. The van der Waals surface area contributed by atoms with E-state index in [0.717, 1.165) is 12.8 Å². The fourth-order valence-corrected chi connectivity index (χ4v) is 0.952. The SMILES string of the molecule is CC1CCC(O)C(N)=N1. The third kappa shape index (κ3) is 1.42. The van der Waals surface area contributed by atoms with E-state index in [1.807, 2.05) is 6.92 Å². The molecule has 2 unspecified atom stereocenters. The molecule has 0 bridgehead atoms. The van der Waals surface area contributed by atoms with Gasteiger partial charge >= 0.3 is 0 Å². The number of aliphatic hydroxyl groups excluding tert-OH is 1. The molecule has 3 nitrogen and oxygen atoms in total. The van der Waals surface area contributed by atoms with Crippen LogP contribution in [0.15, 0.2) is 4.99 Å². The quantitative estimate of drug-likeness (QED) is 0.478. The fourth-order valence-electron chi connectivity index (χ4n) is 0.952. The zero-order chi connectivity index (χ0) is 6.85. The molecule has 1 aliphatic heterocycles. The van der Waals surface area contributed by atoms with Crippen LogP contribution in [0.5, 0.6) is 0 Å². The summed E-state index contributed by atoms with van der Waals surface area (Å²) >= 11 is 0. The number of aliphatic imine (C=N–C) groups is 1. The maximum absolute atomic E-state index is 9.04. The Kier molecular flexibility index (Phi) is 1.71. The Morgan fingerprint density at radius 1 is 1.67 bits per heavy atom. The molecule has 1 aliphatic rings. The number of nitrogens with two attached hydrogens (primary N) is 1. The van der Waals surface area contributed by atoms with Crippen LogP contribution < -0.4 is 5.73 Å². The van der Waals surface area contributed by atoms with Crippen LogP contribution in [0.25, 0.3) is 0 Å². The largest absolute Gasteiger partial charge is 0.385 e. The summed E-state index contributed by atoms with van der Waals surface area (Å²) in [5.41, 5.74) is 5.37. The first-order valence-corrected chi connectivity index (χ1v) is 3.21. The predicted octanol–water partition coefficient (Wildman–Crippen LogP) is -0.113. The van der Waals surface area contributed by atoms with Gasteiger partial charge in [-0.25, -0.2) is 0 Å². The minimum atomic E-state index is -0.485. The lowest BCUT2D eigenvalue weighted by atomic mass is 10.1. The van der Waals surface area contributed by atoms with E-state index < -0.39 is 6.10 Å². The smallest absolute Gasteiger partial charge is 0.123 e. The number of hydrogen-bond acceptors (Lipinski definition) is 3. The van der Waals surface area contributed by atoms with Gasteiger partial charge in [0, 0.05) is 6.04 Å². The van der Waals surface area contributed by atoms with Crippen LogP contribution in [0.1, 0.15) is 19.8 Å². The van der Waals surface area contributed by atoms with Gasteiger partial charge in [0.05, 0.1) is 0 Å². The average molecular weight is 128 g/mol. The van der Waals surface area contributed by atoms with Crippen LogP contribution >= 0.6 is 0 Å². The molecule has 0 aromatic carbocycles. The van der Waals surface area contributed by atoms with E-state index >= 15 is 0 Å². The van der Waals surface area contributed by atoms with Crippen molar-refractivity contribution >= 4 is 5.84 Å². The van der Waals surface area contributed by atoms with Gasteiger partial charge in [0.1, 0.15) is 11.9 Å². The third-order valence-corrected chi connectivity index (χ3v) is 1.57. The van der Waals surface area contributed by atoms with Gasteiger partial charge in [-0.15, -0.1) is 0 Å². The maximum atomic E-state index is 9.04. The van der Waals surface area contributed by atoms with Crippen molar-refractivity contribution in [1.82, 2.24) is 0 Å². The first kappa shape index (κ1) is 6.55. The van der Waals surface area contributed by atoms with Gasteiger partial charge in [-0.2, -0.15) is 0 Å². The highest BCUT2D eigenvalue weighted by Crippen LogP contribution is 2.10. The third-order valence-electron chi connectivity index (χ3n) is 1.57. The van der Waals surface area contributed by atoms with Gasteiger partial charge in [0.15, 0.2) is 0 Å². The lowest BCUT2D eigenvalue weighted by Crippen LogP contribution is -2.34. The zero-order valence-corrected chi connectivity index (χ0v) is 5.54. The second kappa shape index (κ2) is 2.35. The molecule has 1 rings (SSSR count). The van der Waals surface area contributed by atoms with Crippen molar-refractivity contribution in [2.24, 2.45) is 10.7 Å². The van der Waals surface area contributed by atoms with Crippen LogP contribution in [0.2, 0.25) is 0 Å². The van der Waals surface area contributed by atoms with Crippen molar-refractivity contribution in [3.05, 3.63) is 0 Å². The van der Waals surface area contributed by atoms with Crippen molar-refractivity contribution in [3.63, 3.8) is 0 Å². The number of aliphatic hydroxyl groups is 1. The highest BCUT2D eigenvalue weighted by molar-refractivity contribution is 5.85. The van der Waals surface area contributed by atoms with E-state index in [4.69, 9.17) is 10.8 Å². The van der Waals surface area contributed by atoms with E-state index in [1.54, 1.807) is 0 Å². The summed E-state index contributed by atoms with van der Waals surface area (Å²) in [6.07, 6.45) is 1.22. The molecular weight excluding hydrogens is 116 g/mol. The summed E-state index contributed by atoms with van der Waals surface area (Å²) in [5.74, 6) is 0.397. The first-order valence-electron chi connectivity index (χ1n) is 3.21. The van der Waals surface area contributed by atoms with Gasteiger partial charge in [0.2, 0.25) is 0 Å². The van der Waals surface area contributed by atoms with Crippen LogP contribution in [-0.2, 0) is 0 Å². The number of hydrogen-bond donors (Lipinski definition) is 2. The summed E-state index contributed by atoms with van der Waals surface area (Å²) in [5, 5.41) is 9.04. The van der Waals surface area contributed by atoms with Gasteiger partial charge in [-0.3, -0.25) is 4.99 Å². The van der Waals surface area contributed by atoms with Gasteiger partial charge < -0.3 is 10.8 Å². The van der Waals surface area contributed by atoms with Crippen LogP contribution in [-0.4, -0.2) is 23.1 Å². The number of amidine groups is 1. The Morgan fingerprint density at radius 2 is 2.33 bits per heavy atom. The summed E-state index contributed by atoms with van der Waals surface area (Å²) in [6, 6.07) is 0.299. The van der Waals surface area contributed by atoms with Gasteiger partial charge in [0.25, 0.3) is 0 Å². The van der Waals surface area contributed by atoms with E-state index in [2.05, 4.69) is 4.99 Å². The molecule has 2 atom stereocenters. The lowest BCUT2D eigenvalue weighted by Gasteiger charge is -2.18. The molecular formula is C6H12N2O. The second-order valence-electron chi connectivity index (χ2n) is 2.50. The van der Waals surface area contributed by atoms with Crippen molar-refractivity contribution in [2.75, 3.05) is 0 Å². The Labute approximate surface area is 54.6 Å². The highest BCUT2D eigenvalue weighted by Gasteiger charge is 2.16. The molecule has 0 amide bonds. The average Bonchev–Trinajstić information content (AvgIpc) is 1.80. The Bertz CT molecular complexity index is 133. The number of rotatable bonds is 0. The van der Waals surface area contributed by atoms with E-state index in [0.29, 0.717) is 11.9 Å². The molecule has 0 aromatic heterocycles. The van der Waals surface area contributed by atoms with Gasteiger partial charge in [-0.1, -0.05) is 0 Å². The molecule has 0 aliphatic carbocycles. The van der Waals surface area contributed by atoms with Crippen LogP contribution in [0.3, 0.4) is 0 Å². The summed E-state index contributed by atoms with van der Waals surface area (Å²) < 4.78 is 0. The Balaban J connectivity index is 2.61. The number of nitrogens with zero attached hydrogens (tertiary/aromatic N) is 1. The van der Waals surface area contributed by atoms with Crippen molar-refractivity contribution in [3.8, 4) is 0 Å². The summed E-state index contributed by atoms with van der Waals surface area (Å²) in [7, 11) is 0. The molecule has 52 valence electrons. The van der Waals surface area contributed by atoms with Gasteiger partial charge in [-0.05, 0) is 19.8 Å². The normalized spacial score (nSPS) is 36.0. The van der Waals surface area contributed by atoms with Crippen molar-refractivity contribution in [2.45, 2.75) is 31.9 Å². The molecule has 3 heteroatoms. The molecule has 0 aromatic rings. The van der Waals surface area contributed by atoms with Crippen LogP contribution in [0, 0.1) is 0 Å². The van der Waals surface area contributed by atoms with E-state index in [-0.39, 0.29) is 0 Å². The monoisotopic (exact) mass is 128 g/mol. The van der Waals surface area contributed by atoms with Crippen molar-refractivity contribution in [1.29, 1.82) is 0 Å². The molecule has 0 saturated carbocycles. The predicted molar refractivity (Wildman–Crippen MR) is 36.3 cm³/mol. The fraction of sp³-hybridized carbons (Fsp3) is 0.833. The molecule has 0 fully saturated rings. The zero-order valence-electron chi connectivity index (χ0n) is 5.54. The minimum Gasteiger partial charge on any atom is -0.385 e. The Hall–Kier alpha value is -0.570. The lowest BCUT2D eigenvalue weighted by molar-refractivity contribution is 0.214. The molecule has 0 radical (unpaired) electrons. The molecule has 0 spiro atoms. The summed E-state index contributed by atoms with van der Waals surface area (Å²) in [4.78, 5) is 4.01. The Morgan fingerprint density at radius 3 is 2.78 bits per heavy atom. The second-order valence-corrected chi connectivity index (χ2v) is 2.50. The summed E-state index contributed by atoms with van der Waals surface area (Å²) in [6.45, 7) is 2.00. The molecule has 0 saturated heterocycles. The van der Waals surface area contributed by atoms with Crippen molar-refractivity contribution < 1.29 is 5.11 Å². The van der Waals surface area contributed by atoms with Crippen LogP contribution in [0.4, 0.5) is 0 Å². The van der Waals surface area contributed by atoms with E-state index in [9.17, 15) is 0 Å².